The minimum Gasteiger partial charge on any atom is -0.480 e. The molecule has 2 aromatic rings. The Kier molecular flexibility index (Phi) is 4.64. The number of aryl methyl sites for hydroxylation is 2. The van der Waals surface area contributed by atoms with Gasteiger partial charge in [-0.3, -0.25) is 9.78 Å². The van der Waals surface area contributed by atoms with Crippen LogP contribution in [-0.4, -0.2) is 52.2 Å². The molecule has 3 heterocycles. The van der Waals surface area contributed by atoms with E-state index in [9.17, 15) is 4.79 Å². The van der Waals surface area contributed by atoms with Crippen LogP contribution in [0.1, 0.15) is 23.4 Å². The normalized spacial score (nSPS) is 17.1. The molecule has 1 aliphatic rings. The predicted molar refractivity (Wildman–Crippen MR) is 83.9 cm³/mol. The largest absolute Gasteiger partial charge is 0.480 e. The molecule has 1 saturated heterocycles. The number of ether oxygens (including phenoxy) is 2. The van der Waals surface area contributed by atoms with Crippen molar-refractivity contribution in [2.45, 2.75) is 32.8 Å². The molecule has 0 spiro atoms. The monoisotopic (exact) mass is 332 g/mol. The minimum atomic E-state index is -0.0972. The first-order valence-corrected chi connectivity index (χ1v) is 7.79. The van der Waals surface area contributed by atoms with E-state index in [-0.39, 0.29) is 12.0 Å². The van der Waals surface area contributed by atoms with Crippen molar-refractivity contribution in [3.63, 3.8) is 0 Å². The molecule has 0 radical (unpaired) electrons. The number of aromatic nitrogens is 3. The summed E-state index contributed by atoms with van der Waals surface area (Å²) >= 11 is 0. The summed E-state index contributed by atoms with van der Waals surface area (Å²) in [7, 11) is 1.53. The summed E-state index contributed by atoms with van der Waals surface area (Å²) in [5, 5.41) is 3.89. The zero-order valence-electron chi connectivity index (χ0n) is 14.0. The molecule has 1 atom stereocenters. The van der Waals surface area contributed by atoms with E-state index in [4.69, 9.17) is 14.0 Å². The molecule has 0 saturated carbocycles. The molecule has 24 heavy (non-hydrogen) atoms. The van der Waals surface area contributed by atoms with Crippen LogP contribution in [0.3, 0.4) is 0 Å². The van der Waals surface area contributed by atoms with E-state index in [1.807, 2.05) is 13.8 Å². The van der Waals surface area contributed by atoms with Gasteiger partial charge in [-0.15, -0.1) is 0 Å². The highest BCUT2D eigenvalue weighted by atomic mass is 16.5. The Hall–Kier alpha value is -2.64. The number of nitrogens with zero attached hydrogens (tertiary/aromatic N) is 4. The summed E-state index contributed by atoms with van der Waals surface area (Å²) in [6.07, 6.45) is 4.01. The van der Waals surface area contributed by atoms with E-state index < -0.39 is 0 Å². The first-order valence-electron chi connectivity index (χ1n) is 7.79. The molecule has 3 rings (SSSR count). The van der Waals surface area contributed by atoms with Gasteiger partial charge in [0.15, 0.2) is 0 Å². The van der Waals surface area contributed by atoms with Crippen LogP contribution in [0, 0.1) is 13.8 Å². The van der Waals surface area contributed by atoms with Gasteiger partial charge in [0.2, 0.25) is 17.7 Å². The molecule has 1 amide bonds. The quantitative estimate of drug-likeness (QED) is 0.815. The van der Waals surface area contributed by atoms with Crippen molar-refractivity contribution in [2.24, 2.45) is 0 Å². The van der Waals surface area contributed by atoms with Gasteiger partial charge in [-0.2, -0.15) is 4.98 Å². The molecule has 0 aliphatic carbocycles. The Morgan fingerprint density at radius 1 is 1.38 bits per heavy atom. The zero-order chi connectivity index (χ0) is 17.1. The first kappa shape index (κ1) is 16.2. The lowest BCUT2D eigenvalue weighted by Gasteiger charge is -2.17. The van der Waals surface area contributed by atoms with Crippen molar-refractivity contribution in [1.82, 2.24) is 20.0 Å². The Balaban J connectivity index is 1.57. The molecule has 2 aromatic heterocycles. The van der Waals surface area contributed by atoms with Crippen LogP contribution in [0.15, 0.2) is 16.9 Å². The molecule has 0 N–H and O–H groups in total. The number of rotatable bonds is 5. The van der Waals surface area contributed by atoms with Gasteiger partial charge in [-0.05, 0) is 13.8 Å². The Labute approximate surface area is 139 Å². The van der Waals surface area contributed by atoms with Gasteiger partial charge in [0.05, 0.1) is 38.2 Å². The molecular weight excluding hydrogens is 312 g/mol. The summed E-state index contributed by atoms with van der Waals surface area (Å²) < 4.78 is 15.9. The van der Waals surface area contributed by atoms with Crippen LogP contribution in [0.5, 0.6) is 11.8 Å². The van der Waals surface area contributed by atoms with E-state index in [1.54, 1.807) is 4.90 Å². The summed E-state index contributed by atoms with van der Waals surface area (Å²) in [6.45, 7) is 4.85. The van der Waals surface area contributed by atoms with Crippen molar-refractivity contribution in [3.8, 4) is 11.8 Å². The summed E-state index contributed by atoms with van der Waals surface area (Å²) in [5.41, 5.74) is 1.63. The van der Waals surface area contributed by atoms with E-state index in [2.05, 4.69) is 15.1 Å². The van der Waals surface area contributed by atoms with Crippen LogP contribution in [0.2, 0.25) is 0 Å². The van der Waals surface area contributed by atoms with Gasteiger partial charge < -0.3 is 18.9 Å². The first-order chi connectivity index (χ1) is 11.6. The fourth-order valence-electron chi connectivity index (χ4n) is 2.73. The maximum absolute atomic E-state index is 12.5. The number of hydrogen-bond acceptors (Lipinski definition) is 7. The maximum atomic E-state index is 12.5. The van der Waals surface area contributed by atoms with E-state index in [1.165, 1.54) is 19.5 Å². The molecule has 0 unspecified atom stereocenters. The van der Waals surface area contributed by atoms with Crippen LogP contribution >= 0.6 is 0 Å². The van der Waals surface area contributed by atoms with Gasteiger partial charge in [0.1, 0.15) is 11.9 Å². The summed E-state index contributed by atoms with van der Waals surface area (Å²) in [6, 6.07) is 0. The molecule has 8 nitrogen and oxygen atoms in total. The van der Waals surface area contributed by atoms with Crippen LogP contribution in [0.25, 0.3) is 0 Å². The summed E-state index contributed by atoms with van der Waals surface area (Å²) in [4.78, 5) is 22.5. The highest BCUT2D eigenvalue weighted by Crippen LogP contribution is 2.20. The average molecular weight is 332 g/mol. The highest BCUT2D eigenvalue weighted by Gasteiger charge is 2.29. The molecule has 1 fully saturated rings. The molecule has 1 aliphatic heterocycles. The highest BCUT2D eigenvalue weighted by molar-refractivity contribution is 5.79. The number of hydrogen-bond donors (Lipinski definition) is 0. The van der Waals surface area contributed by atoms with Gasteiger partial charge >= 0.3 is 0 Å². The van der Waals surface area contributed by atoms with Crippen molar-refractivity contribution >= 4 is 5.91 Å². The fourth-order valence-corrected chi connectivity index (χ4v) is 2.73. The third kappa shape index (κ3) is 3.47. The van der Waals surface area contributed by atoms with Crippen molar-refractivity contribution in [1.29, 1.82) is 0 Å². The summed E-state index contributed by atoms with van der Waals surface area (Å²) in [5.74, 6) is 1.54. The second-order valence-electron chi connectivity index (χ2n) is 5.75. The standard InChI is InChI=1S/C16H20N4O4/c1-10-13(11(2)24-19-10)6-16(21)20-5-4-12(9-20)23-15-8-17-7-14(18-15)22-3/h7-8,12H,4-6,9H2,1-3H3/t12-/m1/s1. The lowest BCUT2D eigenvalue weighted by Crippen LogP contribution is -2.32. The third-order valence-corrected chi connectivity index (χ3v) is 4.09. The molecule has 0 bridgehead atoms. The Bertz CT molecular complexity index is 711. The fraction of sp³-hybridized carbons (Fsp3) is 0.500. The molecular formula is C16H20N4O4. The van der Waals surface area contributed by atoms with Gasteiger partial charge in [-0.1, -0.05) is 5.16 Å². The van der Waals surface area contributed by atoms with Gasteiger partial charge in [0.25, 0.3) is 0 Å². The SMILES string of the molecule is COc1cncc(O[C@@H]2CCN(C(=O)Cc3c(C)noc3C)C2)n1. The lowest BCUT2D eigenvalue weighted by atomic mass is 10.1. The second-order valence-corrected chi connectivity index (χ2v) is 5.75. The smallest absolute Gasteiger partial charge is 0.235 e. The molecule has 128 valence electrons. The van der Waals surface area contributed by atoms with Crippen molar-refractivity contribution in [2.75, 3.05) is 20.2 Å². The minimum absolute atomic E-state index is 0.0484. The molecule has 8 heteroatoms. The number of methoxy groups -OCH3 is 1. The zero-order valence-corrected chi connectivity index (χ0v) is 14.0. The lowest BCUT2D eigenvalue weighted by molar-refractivity contribution is -0.129. The Morgan fingerprint density at radius 3 is 2.88 bits per heavy atom. The third-order valence-electron chi connectivity index (χ3n) is 4.09. The second kappa shape index (κ2) is 6.86. The average Bonchev–Trinajstić information content (AvgIpc) is 3.17. The van der Waals surface area contributed by atoms with Crippen LogP contribution in [-0.2, 0) is 11.2 Å². The number of carbonyl (C=O) groups excluding carboxylic acids is 1. The van der Waals surface area contributed by atoms with Gasteiger partial charge in [0, 0.05) is 18.5 Å². The molecule has 0 aromatic carbocycles. The van der Waals surface area contributed by atoms with Crippen LogP contribution in [0.4, 0.5) is 0 Å². The van der Waals surface area contributed by atoms with Crippen molar-refractivity contribution in [3.05, 3.63) is 29.4 Å². The predicted octanol–water partition coefficient (Wildman–Crippen LogP) is 1.31. The van der Waals surface area contributed by atoms with Gasteiger partial charge in [-0.25, -0.2) is 0 Å². The van der Waals surface area contributed by atoms with E-state index >= 15 is 0 Å². The maximum Gasteiger partial charge on any atom is 0.235 e. The van der Waals surface area contributed by atoms with E-state index in [0.29, 0.717) is 37.0 Å². The van der Waals surface area contributed by atoms with Crippen molar-refractivity contribution < 1.29 is 18.8 Å². The number of carbonyl (C=O) groups is 1. The topological polar surface area (TPSA) is 90.6 Å². The van der Waals surface area contributed by atoms with E-state index in [0.717, 1.165) is 17.7 Å². The number of amides is 1. The Morgan fingerprint density at radius 2 is 2.17 bits per heavy atom. The van der Waals surface area contributed by atoms with Crippen LogP contribution < -0.4 is 9.47 Å². The number of likely N-dealkylation sites (tertiary alicyclic amines) is 1.